The van der Waals surface area contributed by atoms with Gasteiger partial charge in [0.25, 0.3) is 5.91 Å². The van der Waals surface area contributed by atoms with E-state index in [0.717, 1.165) is 13.0 Å². The zero-order valence-corrected chi connectivity index (χ0v) is 16.2. The Balaban J connectivity index is 0.00000261. The molecular formula is C21H25ClN2O3. The molecule has 1 unspecified atom stereocenters. The van der Waals surface area contributed by atoms with E-state index in [-0.39, 0.29) is 36.1 Å². The number of nitrogens with zero attached hydrogens (tertiary/aromatic N) is 1. The zero-order valence-electron chi connectivity index (χ0n) is 15.4. The van der Waals surface area contributed by atoms with Crippen molar-refractivity contribution in [2.24, 2.45) is 11.1 Å². The molecule has 0 bridgehead atoms. The van der Waals surface area contributed by atoms with Crippen LogP contribution >= 0.6 is 12.4 Å². The molecular weight excluding hydrogens is 364 g/mol. The predicted molar refractivity (Wildman–Crippen MR) is 107 cm³/mol. The second-order valence-electron chi connectivity index (χ2n) is 7.09. The zero-order chi connectivity index (χ0) is 18.6. The van der Waals surface area contributed by atoms with Crippen LogP contribution in [0.3, 0.4) is 0 Å². The molecule has 2 N–H and O–H groups in total. The van der Waals surface area contributed by atoms with E-state index in [9.17, 15) is 9.59 Å². The first-order valence-corrected chi connectivity index (χ1v) is 8.81. The molecule has 0 aliphatic carbocycles. The Morgan fingerprint density at radius 2 is 1.70 bits per heavy atom. The lowest BCUT2D eigenvalue weighted by Crippen LogP contribution is -2.36. The molecule has 1 heterocycles. The Morgan fingerprint density at radius 1 is 1.07 bits per heavy atom. The highest BCUT2D eigenvalue weighted by atomic mass is 35.5. The summed E-state index contributed by atoms with van der Waals surface area (Å²) in [6.07, 6.45) is 0.922. The summed E-state index contributed by atoms with van der Waals surface area (Å²) in [4.78, 5) is 26.5. The Bertz CT molecular complexity index is 780. The van der Waals surface area contributed by atoms with Crippen molar-refractivity contribution in [3.8, 4) is 5.75 Å². The molecule has 0 spiro atoms. The number of nitrogens with two attached hydrogens (primary N) is 1. The third-order valence-electron chi connectivity index (χ3n) is 4.92. The molecule has 27 heavy (non-hydrogen) atoms. The van der Waals surface area contributed by atoms with E-state index >= 15 is 0 Å². The molecule has 2 aromatic carbocycles. The fourth-order valence-corrected chi connectivity index (χ4v) is 3.10. The van der Waals surface area contributed by atoms with Crippen LogP contribution in [0.15, 0.2) is 54.6 Å². The van der Waals surface area contributed by atoms with Gasteiger partial charge >= 0.3 is 0 Å². The Morgan fingerprint density at radius 3 is 2.30 bits per heavy atom. The van der Waals surface area contributed by atoms with Gasteiger partial charge in [-0.3, -0.25) is 9.59 Å². The van der Waals surface area contributed by atoms with Crippen molar-refractivity contribution >= 4 is 24.1 Å². The van der Waals surface area contributed by atoms with Gasteiger partial charge in [0, 0.05) is 24.2 Å². The van der Waals surface area contributed by atoms with E-state index in [0.29, 0.717) is 30.0 Å². The molecule has 1 aliphatic heterocycles. The van der Waals surface area contributed by atoms with Crippen LogP contribution in [-0.2, 0) is 4.79 Å². The summed E-state index contributed by atoms with van der Waals surface area (Å²) in [6.45, 7) is 4.07. The van der Waals surface area contributed by atoms with Crippen molar-refractivity contribution < 1.29 is 14.3 Å². The predicted octanol–water partition coefficient (Wildman–Crippen LogP) is 2.92. The van der Waals surface area contributed by atoms with Crippen LogP contribution in [0, 0.1) is 5.41 Å². The van der Waals surface area contributed by atoms with Gasteiger partial charge in [-0.25, -0.2) is 0 Å². The molecule has 0 aromatic heterocycles. The number of rotatable bonds is 6. The Labute approximate surface area is 165 Å². The number of hydrogen-bond donors (Lipinski definition) is 1. The van der Waals surface area contributed by atoms with Gasteiger partial charge in [0.1, 0.15) is 5.75 Å². The van der Waals surface area contributed by atoms with Gasteiger partial charge in [0.15, 0.2) is 12.4 Å². The molecule has 1 saturated heterocycles. The second-order valence-corrected chi connectivity index (χ2v) is 7.09. The summed E-state index contributed by atoms with van der Waals surface area (Å²) in [5, 5.41) is 0. The Kier molecular flexibility index (Phi) is 6.99. The summed E-state index contributed by atoms with van der Waals surface area (Å²) < 4.78 is 5.59. The van der Waals surface area contributed by atoms with E-state index in [1.54, 1.807) is 41.3 Å². The molecule has 1 fully saturated rings. The van der Waals surface area contributed by atoms with Crippen molar-refractivity contribution in [2.45, 2.75) is 13.3 Å². The average Bonchev–Trinajstić information content (AvgIpc) is 3.10. The van der Waals surface area contributed by atoms with Gasteiger partial charge in [-0.2, -0.15) is 0 Å². The maximum absolute atomic E-state index is 12.4. The standard InChI is InChI=1S/C21H24N2O3.ClH/c1-21(14-22)11-12-23(15-21)19(24)13-26-18-9-7-17(8-10-18)20(25)16-5-3-2-4-6-16;/h2-10H,11-15,22H2,1H3;1H. The number of likely N-dealkylation sites (tertiary alicyclic amines) is 1. The largest absolute Gasteiger partial charge is 0.484 e. The number of carbonyl (C=O) groups is 2. The van der Waals surface area contributed by atoms with E-state index < -0.39 is 0 Å². The highest BCUT2D eigenvalue weighted by molar-refractivity contribution is 6.08. The monoisotopic (exact) mass is 388 g/mol. The molecule has 144 valence electrons. The minimum Gasteiger partial charge on any atom is -0.484 e. The topological polar surface area (TPSA) is 72.6 Å². The van der Waals surface area contributed by atoms with E-state index in [4.69, 9.17) is 10.5 Å². The summed E-state index contributed by atoms with van der Waals surface area (Å²) in [6, 6.07) is 16.0. The van der Waals surface area contributed by atoms with Crippen molar-refractivity contribution in [3.63, 3.8) is 0 Å². The highest BCUT2D eigenvalue weighted by Gasteiger charge is 2.34. The number of halogens is 1. The smallest absolute Gasteiger partial charge is 0.260 e. The van der Waals surface area contributed by atoms with Crippen LogP contribution < -0.4 is 10.5 Å². The molecule has 5 nitrogen and oxygen atoms in total. The van der Waals surface area contributed by atoms with Crippen LogP contribution in [0.2, 0.25) is 0 Å². The molecule has 1 amide bonds. The maximum Gasteiger partial charge on any atom is 0.260 e. The molecule has 0 radical (unpaired) electrons. The fourth-order valence-electron chi connectivity index (χ4n) is 3.10. The van der Waals surface area contributed by atoms with Gasteiger partial charge in [0.2, 0.25) is 0 Å². The number of amides is 1. The highest BCUT2D eigenvalue weighted by Crippen LogP contribution is 2.28. The molecule has 2 aromatic rings. The van der Waals surface area contributed by atoms with Crippen LogP contribution in [0.4, 0.5) is 0 Å². The minimum absolute atomic E-state index is 0. The number of ether oxygens (including phenoxy) is 1. The van der Waals surface area contributed by atoms with Crippen LogP contribution in [-0.4, -0.2) is 42.8 Å². The minimum atomic E-state index is -0.0358. The number of hydrogen-bond acceptors (Lipinski definition) is 4. The van der Waals surface area contributed by atoms with Crippen molar-refractivity contribution in [2.75, 3.05) is 26.2 Å². The lowest BCUT2D eigenvalue weighted by molar-refractivity contribution is -0.132. The second kappa shape index (κ2) is 9.02. The summed E-state index contributed by atoms with van der Waals surface area (Å²) in [5.41, 5.74) is 7.03. The van der Waals surface area contributed by atoms with Gasteiger partial charge in [-0.15, -0.1) is 12.4 Å². The first kappa shape index (κ1) is 20.9. The molecule has 3 rings (SSSR count). The lowest BCUT2D eigenvalue weighted by Gasteiger charge is -2.22. The van der Waals surface area contributed by atoms with Crippen LogP contribution in [0.1, 0.15) is 29.3 Å². The van der Waals surface area contributed by atoms with E-state index in [2.05, 4.69) is 6.92 Å². The van der Waals surface area contributed by atoms with Crippen LogP contribution in [0.25, 0.3) is 0 Å². The first-order chi connectivity index (χ1) is 12.5. The maximum atomic E-state index is 12.4. The fraction of sp³-hybridized carbons (Fsp3) is 0.333. The molecule has 6 heteroatoms. The van der Waals surface area contributed by atoms with Gasteiger partial charge in [-0.1, -0.05) is 37.3 Å². The number of carbonyl (C=O) groups excluding carboxylic acids is 2. The quantitative estimate of drug-likeness (QED) is 0.772. The third-order valence-corrected chi connectivity index (χ3v) is 4.92. The molecule has 0 saturated carbocycles. The van der Waals surface area contributed by atoms with Crippen molar-refractivity contribution in [1.29, 1.82) is 0 Å². The van der Waals surface area contributed by atoms with Crippen LogP contribution in [0.5, 0.6) is 5.75 Å². The molecule has 1 aliphatic rings. The first-order valence-electron chi connectivity index (χ1n) is 8.81. The SMILES string of the molecule is CC1(CN)CCN(C(=O)COc2ccc(C(=O)c3ccccc3)cc2)C1.Cl. The lowest BCUT2D eigenvalue weighted by atomic mass is 9.90. The average molecular weight is 389 g/mol. The summed E-state index contributed by atoms with van der Waals surface area (Å²) >= 11 is 0. The van der Waals surface area contributed by atoms with Crippen molar-refractivity contribution in [3.05, 3.63) is 65.7 Å². The third kappa shape index (κ3) is 5.08. The van der Waals surface area contributed by atoms with Gasteiger partial charge in [-0.05, 0) is 42.6 Å². The molecule has 1 atom stereocenters. The summed E-state index contributed by atoms with van der Waals surface area (Å²) in [5.74, 6) is 0.502. The van der Waals surface area contributed by atoms with E-state index in [1.807, 2.05) is 18.2 Å². The van der Waals surface area contributed by atoms with E-state index in [1.165, 1.54) is 0 Å². The normalized spacial score (nSPS) is 18.7. The number of benzene rings is 2. The van der Waals surface area contributed by atoms with Gasteiger partial charge in [0.05, 0.1) is 0 Å². The Hall–Kier alpha value is -2.37. The summed E-state index contributed by atoms with van der Waals surface area (Å²) in [7, 11) is 0. The number of ketones is 1. The van der Waals surface area contributed by atoms with Crippen molar-refractivity contribution in [1.82, 2.24) is 4.90 Å². The van der Waals surface area contributed by atoms with Gasteiger partial charge < -0.3 is 15.4 Å².